The van der Waals surface area contributed by atoms with Crippen molar-refractivity contribution in [2.75, 3.05) is 0 Å². The van der Waals surface area contributed by atoms with Gasteiger partial charge in [0.25, 0.3) is 5.69 Å². The number of carbonyl (C=O) groups is 1. The van der Waals surface area contributed by atoms with Crippen molar-refractivity contribution in [3.8, 4) is 0 Å². The predicted octanol–water partition coefficient (Wildman–Crippen LogP) is 1.32. The molecule has 63 valence electrons. The van der Waals surface area contributed by atoms with Gasteiger partial charge in [0.1, 0.15) is 6.29 Å². The molecular formula is C7H5NNaO3S. The van der Waals surface area contributed by atoms with Crippen LogP contribution in [0.5, 0.6) is 0 Å². The van der Waals surface area contributed by atoms with Gasteiger partial charge in [-0.05, 0) is 6.07 Å². The zero-order valence-electron chi connectivity index (χ0n) is 6.93. The smallest absolute Gasteiger partial charge is 0.283 e. The quantitative estimate of drug-likeness (QED) is 0.261. The molecule has 0 saturated heterocycles. The molecule has 0 aromatic heterocycles. The Hall–Kier alpha value is -0.360. The van der Waals surface area contributed by atoms with E-state index in [1.165, 1.54) is 18.2 Å². The van der Waals surface area contributed by atoms with Crippen LogP contribution in [-0.4, -0.2) is 40.8 Å². The Morgan fingerprint density at radius 3 is 2.54 bits per heavy atom. The number of nitrogens with zero attached hydrogens (tertiary/aromatic N) is 1. The number of rotatable bonds is 2. The van der Waals surface area contributed by atoms with Crippen LogP contribution in [0.1, 0.15) is 10.4 Å². The molecule has 13 heavy (non-hydrogen) atoms. The fourth-order valence-electron chi connectivity index (χ4n) is 0.760. The van der Waals surface area contributed by atoms with Gasteiger partial charge in [0.2, 0.25) is 0 Å². The van der Waals surface area contributed by atoms with Gasteiger partial charge in [-0.3, -0.25) is 14.9 Å². The summed E-state index contributed by atoms with van der Waals surface area (Å²) in [6.45, 7) is 0. The molecule has 0 spiro atoms. The van der Waals surface area contributed by atoms with Crippen LogP contribution >= 0.6 is 12.6 Å². The van der Waals surface area contributed by atoms with E-state index in [-0.39, 0.29) is 45.7 Å². The summed E-state index contributed by atoms with van der Waals surface area (Å²) >= 11 is 3.87. The van der Waals surface area contributed by atoms with Crippen molar-refractivity contribution in [2.45, 2.75) is 4.90 Å². The summed E-state index contributed by atoms with van der Waals surface area (Å²) in [4.78, 5) is 20.3. The predicted molar refractivity (Wildman–Crippen MR) is 51.5 cm³/mol. The van der Waals surface area contributed by atoms with Crippen LogP contribution in [0.15, 0.2) is 23.1 Å². The number of hydrogen-bond donors (Lipinski definition) is 1. The minimum atomic E-state index is -0.574. The molecule has 0 saturated carbocycles. The van der Waals surface area contributed by atoms with Gasteiger partial charge in [-0.2, -0.15) is 0 Å². The summed E-state index contributed by atoms with van der Waals surface area (Å²) < 4.78 is 0. The largest absolute Gasteiger partial charge is 0.298 e. The molecule has 0 bridgehead atoms. The third-order valence-corrected chi connectivity index (χ3v) is 1.71. The van der Waals surface area contributed by atoms with Gasteiger partial charge in [-0.1, -0.05) is 6.07 Å². The van der Waals surface area contributed by atoms with Crippen LogP contribution in [0.2, 0.25) is 0 Å². The van der Waals surface area contributed by atoms with E-state index < -0.39 is 4.92 Å². The standard InChI is InChI=1S/C7H5NO3S.Na/c9-4-5-1-2-7(12)6(3-5)8(10)11;/h1-4,12H;. The second kappa shape index (κ2) is 5.39. The Morgan fingerprint density at radius 1 is 1.46 bits per heavy atom. The molecule has 0 amide bonds. The number of nitro benzene ring substituents is 1. The Balaban J connectivity index is 0.00000144. The van der Waals surface area contributed by atoms with Crippen LogP contribution in [-0.2, 0) is 0 Å². The molecule has 1 aromatic rings. The summed E-state index contributed by atoms with van der Waals surface area (Å²) in [7, 11) is 0. The number of aldehydes is 1. The molecule has 1 aromatic carbocycles. The molecule has 0 atom stereocenters. The zero-order chi connectivity index (χ0) is 9.14. The number of carbonyl (C=O) groups excluding carboxylic acids is 1. The fourth-order valence-corrected chi connectivity index (χ4v) is 0.981. The fraction of sp³-hybridized carbons (Fsp3) is 0. The molecular weight excluding hydrogens is 201 g/mol. The van der Waals surface area contributed by atoms with Crippen molar-refractivity contribution >= 4 is 54.2 Å². The summed E-state index contributed by atoms with van der Waals surface area (Å²) in [6.07, 6.45) is 0.556. The Kier molecular flexibility index (Phi) is 5.24. The van der Waals surface area contributed by atoms with Gasteiger partial charge in [0.05, 0.1) is 9.82 Å². The van der Waals surface area contributed by atoms with E-state index in [9.17, 15) is 14.9 Å². The van der Waals surface area contributed by atoms with Crippen molar-refractivity contribution in [3.63, 3.8) is 0 Å². The first-order valence-electron chi connectivity index (χ1n) is 3.07. The zero-order valence-corrected chi connectivity index (χ0v) is 9.82. The topological polar surface area (TPSA) is 60.2 Å². The van der Waals surface area contributed by atoms with Gasteiger partial charge in [0.15, 0.2) is 0 Å². The van der Waals surface area contributed by atoms with E-state index in [0.29, 0.717) is 6.29 Å². The van der Waals surface area contributed by atoms with E-state index in [2.05, 4.69) is 12.6 Å². The van der Waals surface area contributed by atoms with Gasteiger partial charge in [0, 0.05) is 41.2 Å². The number of thiol groups is 1. The number of hydrogen-bond acceptors (Lipinski definition) is 4. The van der Waals surface area contributed by atoms with Crippen molar-refractivity contribution in [1.82, 2.24) is 0 Å². The van der Waals surface area contributed by atoms with Gasteiger partial charge >= 0.3 is 0 Å². The molecule has 6 heteroatoms. The first kappa shape index (κ1) is 12.6. The van der Waals surface area contributed by atoms with E-state index in [1.54, 1.807) is 0 Å². The van der Waals surface area contributed by atoms with Crippen LogP contribution in [0.25, 0.3) is 0 Å². The van der Waals surface area contributed by atoms with Crippen LogP contribution < -0.4 is 0 Å². The third-order valence-electron chi connectivity index (χ3n) is 1.33. The average molecular weight is 206 g/mol. The molecule has 0 aliphatic rings. The van der Waals surface area contributed by atoms with E-state index in [4.69, 9.17) is 0 Å². The molecule has 1 radical (unpaired) electrons. The van der Waals surface area contributed by atoms with Crippen LogP contribution in [0.3, 0.4) is 0 Å². The Bertz CT molecular complexity index is 343. The first-order chi connectivity index (χ1) is 5.65. The maximum Gasteiger partial charge on any atom is 0.283 e. The van der Waals surface area contributed by atoms with E-state index >= 15 is 0 Å². The molecule has 0 N–H and O–H groups in total. The Labute approximate surface area is 102 Å². The van der Waals surface area contributed by atoms with Crippen molar-refractivity contribution in [3.05, 3.63) is 33.9 Å². The second-order valence-corrected chi connectivity index (χ2v) is 2.60. The molecule has 1 rings (SSSR count). The molecule has 0 heterocycles. The molecule has 0 aliphatic heterocycles. The maximum absolute atomic E-state index is 10.3. The minimum Gasteiger partial charge on any atom is -0.298 e. The van der Waals surface area contributed by atoms with Crippen LogP contribution in [0, 0.1) is 10.1 Å². The monoisotopic (exact) mass is 206 g/mol. The minimum absolute atomic E-state index is 0. The van der Waals surface area contributed by atoms with E-state index in [0.717, 1.165) is 0 Å². The van der Waals surface area contributed by atoms with Crippen LogP contribution in [0.4, 0.5) is 5.69 Å². The summed E-state index contributed by atoms with van der Waals surface area (Å²) in [5.74, 6) is 0. The number of nitro groups is 1. The van der Waals surface area contributed by atoms with Crippen molar-refractivity contribution in [1.29, 1.82) is 0 Å². The van der Waals surface area contributed by atoms with Gasteiger partial charge < -0.3 is 0 Å². The molecule has 0 fully saturated rings. The Morgan fingerprint density at radius 2 is 2.08 bits per heavy atom. The maximum atomic E-state index is 10.3. The second-order valence-electron chi connectivity index (χ2n) is 2.12. The van der Waals surface area contributed by atoms with Crippen molar-refractivity contribution in [2.24, 2.45) is 0 Å². The first-order valence-corrected chi connectivity index (χ1v) is 3.52. The van der Waals surface area contributed by atoms with Gasteiger partial charge in [-0.25, -0.2) is 0 Å². The summed E-state index contributed by atoms with van der Waals surface area (Å²) in [5.41, 5.74) is 0.127. The molecule has 4 nitrogen and oxygen atoms in total. The summed E-state index contributed by atoms with van der Waals surface area (Å²) in [6, 6.07) is 4.09. The van der Waals surface area contributed by atoms with Gasteiger partial charge in [-0.15, -0.1) is 12.6 Å². The SMILES string of the molecule is O=Cc1ccc(S)c([N+](=O)[O-])c1.[Na]. The summed E-state index contributed by atoms with van der Waals surface area (Å²) in [5, 5.41) is 10.3. The van der Waals surface area contributed by atoms with E-state index in [1.807, 2.05) is 0 Å². The normalized spacial score (nSPS) is 8.69. The molecule has 0 unspecified atom stereocenters. The third kappa shape index (κ3) is 3.11. The number of benzene rings is 1. The molecule has 0 aliphatic carbocycles. The average Bonchev–Trinajstić information content (AvgIpc) is 2.05. The van der Waals surface area contributed by atoms with Crippen molar-refractivity contribution < 1.29 is 9.72 Å².